The Labute approximate surface area is 166 Å². The third-order valence-corrected chi connectivity index (χ3v) is 4.86. The maximum Gasteiger partial charge on any atom is 0.312 e. The third kappa shape index (κ3) is 4.95. The van der Waals surface area contributed by atoms with Crippen LogP contribution in [0, 0.1) is 0 Å². The first-order chi connectivity index (χ1) is 13.6. The Bertz CT molecular complexity index is 967. The number of hydrogen-bond acceptors (Lipinski definition) is 6. The number of thiazole rings is 1. The van der Waals surface area contributed by atoms with Gasteiger partial charge in [0.1, 0.15) is 17.4 Å². The number of hydrogen-bond donors (Lipinski definition) is 1. The average molecular weight is 396 g/mol. The quantitative estimate of drug-likeness (QED) is 0.588. The molecule has 3 rings (SSSR count). The maximum absolute atomic E-state index is 12.1. The van der Waals surface area contributed by atoms with E-state index in [0.29, 0.717) is 17.9 Å². The van der Waals surface area contributed by atoms with Crippen molar-refractivity contribution < 1.29 is 19.1 Å². The second-order valence-corrected chi connectivity index (χ2v) is 6.83. The number of aromatic nitrogens is 1. The average Bonchev–Trinajstić information content (AvgIpc) is 3.15. The molecule has 0 spiro atoms. The predicted octanol–water partition coefficient (Wildman–Crippen LogP) is 3.59. The fourth-order valence-electron chi connectivity index (χ4n) is 2.56. The highest BCUT2D eigenvalue weighted by Crippen LogP contribution is 2.32. The molecule has 28 heavy (non-hydrogen) atoms. The van der Waals surface area contributed by atoms with Gasteiger partial charge < -0.3 is 15.2 Å². The molecule has 7 heteroatoms. The van der Waals surface area contributed by atoms with Gasteiger partial charge in [-0.15, -0.1) is 11.3 Å². The van der Waals surface area contributed by atoms with Crippen LogP contribution in [0.1, 0.15) is 28.5 Å². The van der Waals surface area contributed by atoms with Gasteiger partial charge in [0.2, 0.25) is 5.91 Å². The minimum Gasteiger partial charge on any atom is -0.493 e. The lowest BCUT2D eigenvalue weighted by Gasteiger charge is -2.07. The number of ether oxygens (including phenoxy) is 2. The summed E-state index contributed by atoms with van der Waals surface area (Å²) in [6.07, 6.45) is 0.0900. The number of amides is 1. The van der Waals surface area contributed by atoms with Crippen LogP contribution in [0.5, 0.6) is 5.75 Å². The summed E-state index contributed by atoms with van der Waals surface area (Å²) in [6, 6.07) is 14.3. The summed E-state index contributed by atoms with van der Waals surface area (Å²) in [7, 11) is 0. The second kappa shape index (κ2) is 9.14. The number of benzene rings is 2. The summed E-state index contributed by atoms with van der Waals surface area (Å²) in [5, 5.41) is 2.65. The molecule has 1 heterocycles. The number of nitrogens with two attached hydrogens (primary N) is 1. The first-order valence-corrected chi connectivity index (χ1v) is 9.65. The molecule has 0 atom stereocenters. The largest absolute Gasteiger partial charge is 0.493 e. The van der Waals surface area contributed by atoms with Crippen molar-refractivity contribution >= 4 is 23.2 Å². The fourth-order valence-corrected chi connectivity index (χ4v) is 3.41. The third-order valence-electron chi connectivity index (χ3n) is 3.93. The standard InChI is InChI=1S/C21H20N2O4S/c1-2-26-18-6-4-3-5-17(18)21-23-16(13-28-21)11-19(24)27-12-14-7-9-15(10-8-14)20(22)25/h3-10,13H,2,11-12H2,1H3,(H2,22,25). The van der Waals surface area contributed by atoms with Crippen LogP contribution >= 0.6 is 11.3 Å². The highest BCUT2D eigenvalue weighted by Gasteiger charge is 2.13. The summed E-state index contributed by atoms with van der Waals surface area (Å²) in [5.74, 6) is -0.0874. The Morgan fingerprint density at radius 2 is 1.86 bits per heavy atom. The van der Waals surface area contributed by atoms with Gasteiger partial charge >= 0.3 is 5.97 Å². The molecule has 0 radical (unpaired) electrons. The Kier molecular flexibility index (Phi) is 6.39. The van der Waals surface area contributed by atoms with Gasteiger partial charge in [0.15, 0.2) is 0 Å². The van der Waals surface area contributed by atoms with Crippen molar-refractivity contribution in [1.82, 2.24) is 4.98 Å². The zero-order valence-corrected chi connectivity index (χ0v) is 16.2. The number of carbonyl (C=O) groups excluding carboxylic acids is 2. The smallest absolute Gasteiger partial charge is 0.312 e. The van der Waals surface area contributed by atoms with Gasteiger partial charge in [-0.25, -0.2) is 4.98 Å². The van der Waals surface area contributed by atoms with Crippen LogP contribution in [0.4, 0.5) is 0 Å². The minimum atomic E-state index is -0.492. The summed E-state index contributed by atoms with van der Waals surface area (Å²) < 4.78 is 10.9. The van der Waals surface area contributed by atoms with E-state index in [1.165, 1.54) is 11.3 Å². The van der Waals surface area contributed by atoms with Crippen LogP contribution in [0.15, 0.2) is 53.9 Å². The maximum atomic E-state index is 12.1. The molecule has 1 amide bonds. The molecular weight excluding hydrogens is 376 g/mol. The number of nitrogens with zero attached hydrogens (tertiary/aromatic N) is 1. The predicted molar refractivity (Wildman–Crippen MR) is 107 cm³/mol. The van der Waals surface area contributed by atoms with Crippen LogP contribution < -0.4 is 10.5 Å². The van der Waals surface area contributed by atoms with Crippen molar-refractivity contribution in [3.8, 4) is 16.3 Å². The van der Waals surface area contributed by atoms with Gasteiger partial charge in [0, 0.05) is 10.9 Å². The van der Waals surface area contributed by atoms with Crippen molar-refractivity contribution in [2.75, 3.05) is 6.61 Å². The van der Waals surface area contributed by atoms with E-state index < -0.39 is 5.91 Å². The first kappa shape index (κ1) is 19.6. The van der Waals surface area contributed by atoms with E-state index in [1.54, 1.807) is 24.3 Å². The SMILES string of the molecule is CCOc1ccccc1-c1nc(CC(=O)OCc2ccc(C(N)=O)cc2)cs1. The van der Waals surface area contributed by atoms with Gasteiger partial charge in [-0.3, -0.25) is 9.59 Å². The molecule has 0 aliphatic heterocycles. The minimum absolute atomic E-state index is 0.0900. The Balaban J connectivity index is 1.59. The zero-order valence-electron chi connectivity index (χ0n) is 15.4. The molecule has 0 bridgehead atoms. The summed E-state index contributed by atoms with van der Waals surface area (Å²) in [6.45, 7) is 2.63. The van der Waals surface area contributed by atoms with E-state index in [-0.39, 0.29) is 19.0 Å². The van der Waals surface area contributed by atoms with Crippen molar-refractivity contribution in [2.24, 2.45) is 5.73 Å². The van der Waals surface area contributed by atoms with E-state index >= 15 is 0 Å². The highest BCUT2D eigenvalue weighted by atomic mass is 32.1. The molecule has 3 aromatic rings. The lowest BCUT2D eigenvalue weighted by Crippen LogP contribution is -2.11. The van der Waals surface area contributed by atoms with E-state index in [4.69, 9.17) is 15.2 Å². The van der Waals surface area contributed by atoms with Crippen molar-refractivity contribution in [3.63, 3.8) is 0 Å². The summed E-state index contributed by atoms with van der Waals surface area (Å²) in [5.41, 5.74) is 7.96. The Morgan fingerprint density at radius 1 is 1.11 bits per heavy atom. The topological polar surface area (TPSA) is 91.5 Å². The first-order valence-electron chi connectivity index (χ1n) is 8.77. The molecule has 1 aromatic heterocycles. The van der Waals surface area contributed by atoms with Crippen LogP contribution in [0.25, 0.3) is 10.6 Å². The molecule has 0 fully saturated rings. The number of primary amides is 1. The lowest BCUT2D eigenvalue weighted by atomic mass is 10.1. The normalized spacial score (nSPS) is 10.5. The molecule has 0 unspecified atom stereocenters. The van der Waals surface area contributed by atoms with Crippen molar-refractivity contribution in [3.05, 3.63) is 70.7 Å². The summed E-state index contributed by atoms with van der Waals surface area (Å²) in [4.78, 5) is 27.7. The van der Waals surface area contributed by atoms with E-state index in [2.05, 4.69) is 4.98 Å². The number of para-hydroxylation sites is 1. The lowest BCUT2D eigenvalue weighted by molar-refractivity contribution is -0.144. The van der Waals surface area contributed by atoms with Crippen LogP contribution in [-0.2, 0) is 22.6 Å². The molecule has 0 aliphatic carbocycles. The molecule has 0 saturated carbocycles. The van der Waals surface area contributed by atoms with Gasteiger partial charge in [-0.05, 0) is 36.8 Å². The van der Waals surface area contributed by atoms with Gasteiger partial charge in [0.05, 0.1) is 24.3 Å². The molecule has 144 valence electrons. The molecule has 2 N–H and O–H groups in total. The van der Waals surface area contributed by atoms with Crippen molar-refractivity contribution in [1.29, 1.82) is 0 Å². The van der Waals surface area contributed by atoms with Gasteiger partial charge in [0.25, 0.3) is 0 Å². The van der Waals surface area contributed by atoms with E-state index in [0.717, 1.165) is 21.9 Å². The Hall–Kier alpha value is -3.19. The monoisotopic (exact) mass is 396 g/mol. The highest BCUT2D eigenvalue weighted by molar-refractivity contribution is 7.13. The second-order valence-electron chi connectivity index (χ2n) is 5.97. The van der Waals surface area contributed by atoms with E-state index in [9.17, 15) is 9.59 Å². The fraction of sp³-hybridized carbons (Fsp3) is 0.190. The van der Waals surface area contributed by atoms with Crippen LogP contribution in [0.2, 0.25) is 0 Å². The van der Waals surface area contributed by atoms with Gasteiger partial charge in [-0.1, -0.05) is 24.3 Å². The molecule has 0 aliphatic rings. The van der Waals surface area contributed by atoms with Gasteiger partial charge in [-0.2, -0.15) is 0 Å². The molecule has 0 saturated heterocycles. The number of carbonyl (C=O) groups is 2. The Morgan fingerprint density at radius 3 is 2.57 bits per heavy atom. The molecular formula is C21H20N2O4S. The zero-order chi connectivity index (χ0) is 19.9. The van der Waals surface area contributed by atoms with Crippen LogP contribution in [0.3, 0.4) is 0 Å². The molecule has 2 aromatic carbocycles. The van der Waals surface area contributed by atoms with Crippen LogP contribution in [-0.4, -0.2) is 23.5 Å². The summed E-state index contributed by atoms with van der Waals surface area (Å²) >= 11 is 1.46. The van der Waals surface area contributed by atoms with Crippen molar-refractivity contribution in [2.45, 2.75) is 20.0 Å². The number of esters is 1. The number of rotatable bonds is 8. The van der Waals surface area contributed by atoms with E-state index in [1.807, 2.05) is 36.6 Å². The molecule has 6 nitrogen and oxygen atoms in total.